The third-order valence-corrected chi connectivity index (χ3v) is 3.56. The lowest BCUT2D eigenvalue weighted by Gasteiger charge is -2.12. The summed E-state index contributed by atoms with van der Waals surface area (Å²) < 4.78 is 5.70. The van der Waals surface area contributed by atoms with Gasteiger partial charge in [-0.05, 0) is 37.0 Å². The molecule has 0 radical (unpaired) electrons. The van der Waals surface area contributed by atoms with Crippen LogP contribution in [0, 0.1) is 17.8 Å². The summed E-state index contributed by atoms with van der Waals surface area (Å²) in [5, 5.41) is 8.93. The molecular weight excluding hydrogens is 264 g/mol. The quantitative estimate of drug-likeness (QED) is 0.733. The summed E-state index contributed by atoms with van der Waals surface area (Å²) in [7, 11) is 0. The van der Waals surface area contributed by atoms with Gasteiger partial charge in [-0.1, -0.05) is 38.3 Å². The first kappa shape index (κ1) is 17.1. The van der Waals surface area contributed by atoms with E-state index in [2.05, 4.69) is 25.7 Å². The lowest BCUT2D eigenvalue weighted by molar-refractivity contribution is -0.137. The smallest absolute Gasteiger partial charge is 0.304 e. The van der Waals surface area contributed by atoms with E-state index in [4.69, 9.17) is 9.84 Å². The standard InChI is InChI=1S/C18H24O3/c1-4-6-16(13-18(19)20)15-7-9-17(10-8-15)21-12-11-14(3)5-2/h7-10,14,16H,5,11-13H2,1-3H3,(H,19,20)/t14-,16-/m1/s1. The Hall–Kier alpha value is -1.95. The first-order valence-corrected chi connectivity index (χ1v) is 7.43. The van der Waals surface area contributed by atoms with Gasteiger partial charge >= 0.3 is 5.97 Å². The van der Waals surface area contributed by atoms with Gasteiger partial charge in [0, 0.05) is 0 Å². The van der Waals surface area contributed by atoms with Crippen LogP contribution in [-0.4, -0.2) is 17.7 Å². The van der Waals surface area contributed by atoms with Crippen LogP contribution in [0.5, 0.6) is 5.75 Å². The van der Waals surface area contributed by atoms with Crippen LogP contribution in [0.25, 0.3) is 0 Å². The van der Waals surface area contributed by atoms with Gasteiger partial charge in [-0.2, -0.15) is 0 Å². The van der Waals surface area contributed by atoms with Gasteiger partial charge in [-0.15, -0.1) is 5.92 Å². The molecule has 1 aromatic rings. The van der Waals surface area contributed by atoms with E-state index in [0.717, 1.165) is 24.2 Å². The summed E-state index contributed by atoms with van der Waals surface area (Å²) >= 11 is 0. The minimum absolute atomic E-state index is 0.0229. The van der Waals surface area contributed by atoms with Crippen molar-refractivity contribution < 1.29 is 14.6 Å². The van der Waals surface area contributed by atoms with E-state index in [9.17, 15) is 4.79 Å². The summed E-state index contributed by atoms with van der Waals surface area (Å²) in [5.41, 5.74) is 0.918. The fraction of sp³-hybridized carbons (Fsp3) is 0.500. The molecule has 1 rings (SSSR count). The highest BCUT2D eigenvalue weighted by atomic mass is 16.5. The molecule has 0 heterocycles. The van der Waals surface area contributed by atoms with Gasteiger partial charge in [0.05, 0.1) is 18.9 Å². The Labute approximate surface area is 127 Å². The third kappa shape index (κ3) is 6.35. The second-order valence-corrected chi connectivity index (χ2v) is 5.26. The molecule has 0 saturated heterocycles. The fourth-order valence-corrected chi connectivity index (χ4v) is 1.98. The lowest BCUT2D eigenvalue weighted by atomic mass is 9.96. The summed E-state index contributed by atoms with van der Waals surface area (Å²) in [6.07, 6.45) is 2.23. The maximum Gasteiger partial charge on any atom is 0.304 e. The van der Waals surface area contributed by atoms with Crippen molar-refractivity contribution in [1.82, 2.24) is 0 Å². The van der Waals surface area contributed by atoms with Gasteiger partial charge in [-0.25, -0.2) is 0 Å². The Bertz CT molecular complexity index is 493. The van der Waals surface area contributed by atoms with E-state index in [-0.39, 0.29) is 12.3 Å². The highest BCUT2D eigenvalue weighted by molar-refractivity contribution is 5.69. The Morgan fingerprint density at radius 2 is 2.00 bits per heavy atom. The Kier molecular flexibility index (Phi) is 7.39. The van der Waals surface area contributed by atoms with Crippen molar-refractivity contribution in [2.45, 2.75) is 46.0 Å². The van der Waals surface area contributed by atoms with Crippen LogP contribution < -0.4 is 4.74 Å². The van der Waals surface area contributed by atoms with Gasteiger partial charge in [-0.3, -0.25) is 4.79 Å². The molecule has 3 nitrogen and oxygen atoms in total. The van der Waals surface area contributed by atoms with Crippen LogP contribution in [-0.2, 0) is 4.79 Å². The highest BCUT2D eigenvalue weighted by Gasteiger charge is 2.13. The maximum absolute atomic E-state index is 10.9. The molecule has 114 valence electrons. The van der Waals surface area contributed by atoms with Crippen molar-refractivity contribution in [2.24, 2.45) is 5.92 Å². The van der Waals surface area contributed by atoms with Crippen molar-refractivity contribution in [3.05, 3.63) is 29.8 Å². The topological polar surface area (TPSA) is 46.5 Å². The van der Waals surface area contributed by atoms with E-state index >= 15 is 0 Å². The molecule has 0 aliphatic carbocycles. The van der Waals surface area contributed by atoms with E-state index in [1.165, 1.54) is 0 Å². The van der Waals surface area contributed by atoms with Gasteiger partial charge in [0.1, 0.15) is 5.75 Å². The monoisotopic (exact) mass is 288 g/mol. The molecule has 0 aromatic heterocycles. The second-order valence-electron chi connectivity index (χ2n) is 5.26. The number of carbonyl (C=O) groups is 1. The fourth-order valence-electron chi connectivity index (χ4n) is 1.98. The van der Waals surface area contributed by atoms with Crippen molar-refractivity contribution in [2.75, 3.05) is 6.61 Å². The van der Waals surface area contributed by atoms with E-state index in [1.54, 1.807) is 6.92 Å². The molecule has 0 aliphatic rings. The molecule has 0 amide bonds. The number of hydrogen-bond acceptors (Lipinski definition) is 2. The van der Waals surface area contributed by atoms with Crippen molar-refractivity contribution >= 4 is 5.97 Å². The van der Waals surface area contributed by atoms with E-state index < -0.39 is 5.97 Å². The normalized spacial score (nSPS) is 12.9. The van der Waals surface area contributed by atoms with Gasteiger partial charge in [0.25, 0.3) is 0 Å². The highest BCUT2D eigenvalue weighted by Crippen LogP contribution is 2.22. The van der Waals surface area contributed by atoms with Gasteiger partial charge in [0.15, 0.2) is 0 Å². The number of carboxylic acids is 1. The zero-order chi connectivity index (χ0) is 15.7. The molecule has 0 bridgehead atoms. The zero-order valence-electron chi connectivity index (χ0n) is 13.1. The summed E-state index contributed by atoms with van der Waals surface area (Å²) in [6, 6.07) is 7.57. The average Bonchev–Trinajstić information content (AvgIpc) is 2.47. The second kappa shape index (κ2) is 9.07. The average molecular weight is 288 g/mol. The predicted molar refractivity (Wildman–Crippen MR) is 84.5 cm³/mol. The summed E-state index contributed by atoms with van der Waals surface area (Å²) in [6.45, 7) is 6.83. The maximum atomic E-state index is 10.9. The van der Waals surface area contributed by atoms with Crippen LogP contribution in [0.4, 0.5) is 0 Å². The minimum atomic E-state index is -0.836. The van der Waals surface area contributed by atoms with Crippen LogP contribution in [0.15, 0.2) is 24.3 Å². The zero-order valence-corrected chi connectivity index (χ0v) is 13.1. The van der Waals surface area contributed by atoms with Crippen LogP contribution in [0.2, 0.25) is 0 Å². The Balaban J connectivity index is 2.62. The molecule has 1 N–H and O–H groups in total. The molecule has 3 heteroatoms. The molecule has 21 heavy (non-hydrogen) atoms. The molecule has 0 unspecified atom stereocenters. The van der Waals surface area contributed by atoms with E-state index in [0.29, 0.717) is 12.5 Å². The number of rotatable bonds is 8. The predicted octanol–water partition coefficient (Wildman–Crippen LogP) is 4.08. The molecular formula is C18H24O3. The summed E-state index contributed by atoms with van der Waals surface area (Å²) in [5.74, 6) is 6.13. The van der Waals surface area contributed by atoms with Gasteiger partial charge in [0.2, 0.25) is 0 Å². The van der Waals surface area contributed by atoms with Crippen LogP contribution >= 0.6 is 0 Å². The Morgan fingerprint density at radius 3 is 2.52 bits per heavy atom. The largest absolute Gasteiger partial charge is 0.494 e. The molecule has 1 aromatic carbocycles. The SMILES string of the molecule is CC#C[C@H](CC(=O)O)c1ccc(OCC[C@H](C)CC)cc1. The third-order valence-electron chi connectivity index (χ3n) is 3.56. The van der Waals surface area contributed by atoms with E-state index in [1.807, 2.05) is 24.3 Å². The Morgan fingerprint density at radius 1 is 1.33 bits per heavy atom. The van der Waals surface area contributed by atoms with Crippen LogP contribution in [0.3, 0.4) is 0 Å². The first-order chi connectivity index (χ1) is 10.1. The molecule has 0 saturated carbocycles. The molecule has 0 spiro atoms. The molecule has 0 fully saturated rings. The van der Waals surface area contributed by atoms with Gasteiger partial charge < -0.3 is 9.84 Å². The summed E-state index contributed by atoms with van der Waals surface area (Å²) in [4.78, 5) is 10.9. The minimum Gasteiger partial charge on any atom is -0.494 e. The molecule has 2 atom stereocenters. The molecule has 0 aliphatic heterocycles. The number of carboxylic acid groups (broad SMARTS) is 1. The lowest BCUT2D eigenvalue weighted by Crippen LogP contribution is -2.05. The number of hydrogen-bond donors (Lipinski definition) is 1. The van der Waals surface area contributed by atoms with Crippen molar-refractivity contribution in [1.29, 1.82) is 0 Å². The van der Waals surface area contributed by atoms with Crippen molar-refractivity contribution in [3.8, 4) is 17.6 Å². The number of aliphatic carboxylic acids is 1. The van der Waals surface area contributed by atoms with Crippen LogP contribution in [0.1, 0.15) is 51.5 Å². The number of ether oxygens (including phenoxy) is 1. The first-order valence-electron chi connectivity index (χ1n) is 7.43. The number of benzene rings is 1. The van der Waals surface area contributed by atoms with Crippen molar-refractivity contribution in [3.63, 3.8) is 0 Å².